The highest BCUT2D eigenvalue weighted by Crippen LogP contribution is 2.55. The highest BCUT2D eigenvalue weighted by atomic mass is 35.5. The van der Waals surface area contributed by atoms with E-state index in [4.69, 9.17) is 11.6 Å². The van der Waals surface area contributed by atoms with Crippen molar-refractivity contribution in [2.24, 2.45) is 5.41 Å². The van der Waals surface area contributed by atoms with E-state index in [9.17, 15) is 27.9 Å². The third-order valence-corrected chi connectivity index (χ3v) is 7.72. The lowest BCUT2D eigenvalue weighted by atomic mass is 9.94. The molecule has 0 spiro atoms. The molecule has 3 aromatic heterocycles. The third-order valence-electron chi connectivity index (χ3n) is 7.43. The fraction of sp³-hybridized carbons (Fsp3) is 0.393. The van der Waals surface area contributed by atoms with Crippen molar-refractivity contribution in [3.8, 4) is 6.07 Å². The van der Waals surface area contributed by atoms with E-state index >= 15 is 0 Å². The molecule has 9 nitrogen and oxygen atoms in total. The van der Waals surface area contributed by atoms with Crippen LogP contribution in [0.5, 0.6) is 0 Å². The van der Waals surface area contributed by atoms with Crippen molar-refractivity contribution in [1.29, 1.82) is 5.26 Å². The normalized spacial score (nSPS) is 15.3. The Bertz CT molecular complexity index is 1690. The number of alkyl halides is 3. The van der Waals surface area contributed by atoms with Gasteiger partial charge in [-0.05, 0) is 38.0 Å². The fourth-order valence-electron chi connectivity index (χ4n) is 4.70. The van der Waals surface area contributed by atoms with Gasteiger partial charge in [-0.2, -0.15) is 22.8 Å². The standard InChI is InChI=1S/C28H27ClF4N8O/c1-15-18(4-5-22(30)37-15)25(21-12-41(40-39-21)27(6-7-27)28(31,32)33)38-17-8-19-23(36-13-26(2,3)14-42)16(10-34)11-35-24(19)20(29)9-17/h4-5,8-9,11-12,25,38,42H,6-7,13-14H2,1-3H3,(H,35,36). The number of aromatic nitrogens is 5. The second-order valence-electron chi connectivity index (χ2n) is 11.2. The topological polar surface area (TPSA) is 125 Å². The summed E-state index contributed by atoms with van der Waals surface area (Å²) in [6.07, 6.45) is -2.07. The zero-order valence-electron chi connectivity index (χ0n) is 22.9. The second kappa shape index (κ2) is 10.7. The molecule has 1 atom stereocenters. The number of nitrogens with one attached hydrogen (secondary N) is 2. The molecule has 1 aliphatic rings. The van der Waals surface area contributed by atoms with Crippen LogP contribution >= 0.6 is 11.6 Å². The van der Waals surface area contributed by atoms with Gasteiger partial charge in [0.05, 0.1) is 34.0 Å². The van der Waals surface area contributed by atoms with Crippen molar-refractivity contribution in [3.63, 3.8) is 0 Å². The molecule has 4 aromatic rings. The number of aryl methyl sites for hydroxylation is 1. The SMILES string of the molecule is Cc1nc(F)ccc1C(Nc1cc(Cl)c2ncc(C#N)c(NCC(C)(C)CO)c2c1)c1cn(C2(C(F)(F)F)CC2)nn1. The average Bonchev–Trinajstić information content (AvgIpc) is 3.62. The Labute approximate surface area is 243 Å². The minimum atomic E-state index is -4.50. The molecule has 0 aliphatic heterocycles. The first kappa shape index (κ1) is 29.5. The first-order chi connectivity index (χ1) is 19.8. The molecule has 3 N–H and O–H groups in total. The molecule has 5 rings (SSSR count). The average molecular weight is 603 g/mol. The summed E-state index contributed by atoms with van der Waals surface area (Å²) in [6, 6.07) is 7.15. The molecular formula is C28H27ClF4N8O. The number of rotatable bonds is 9. The maximum Gasteiger partial charge on any atom is 0.413 e. The summed E-state index contributed by atoms with van der Waals surface area (Å²) in [5, 5.41) is 34.6. The Morgan fingerprint density at radius 2 is 1.98 bits per heavy atom. The Morgan fingerprint density at radius 1 is 1.24 bits per heavy atom. The van der Waals surface area contributed by atoms with Gasteiger partial charge in [0, 0.05) is 47.1 Å². The predicted molar refractivity (Wildman–Crippen MR) is 149 cm³/mol. The van der Waals surface area contributed by atoms with Crippen LogP contribution in [-0.4, -0.2) is 49.4 Å². The van der Waals surface area contributed by atoms with Gasteiger partial charge in [0.15, 0.2) is 5.54 Å². The molecule has 42 heavy (non-hydrogen) atoms. The van der Waals surface area contributed by atoms with Crippen LogP contribution in [0.2, 0.25) is 5.02 Å². The number of aliphatic hydroxyl groups excluding tert-OH is 1. The van der Waals surface area contributed by atoms with Gasteiger partial charge in [0.2, 0.25) is 5.95 Å². The van der Waals surface area contributed by atoms with Gasteiger partial charge < -0.3 is 15.7 Å². The van der Waals surface area contributed by atoms with Gasteiger partial charge >= 0.3 is 6.18 Å². The molecule has 220 valence electrons. The largest absolute Gasteiger partial charge is 0.413 e. The summed E-state index contributed by atoms with van der Waals surface area (Å²) in [5.41, 5.74) is -0.138. The molecule has 0 radical (unpaired) electrons. The maximum atomic E-state index is 13.9. The fourth-order valence-corrected chi connectivity index (χ4v) is 4.97. The monoisotopic (exact) mass is 602 g/mol. The van der Waals surface area contributed by atoms with Crippen LogP contribution in [0.15, 0.2) is 36.7 Å². The molecule has 3 heterocycles. The molecular weight excluding hydrogens is 576 g/mol. The lowest BCUT2D eigenvalue weighted by molar-refractivity contribution is -0.182. The highest BCUT2D eigenvalue weighted by Gasteiger charge is 2.66. The van der Waals surface area contributed by atoms with Crippen LogP contribution in [0.25, 0.3) is 10.9 Å². The number of hydrogen-bond acceptors (Lipinski definition) is 8. The lowest BCUT2D eigenvalue weighted by Gasteiger charge is -2.24. The van der Waals surface area contributed by atoms with Crippen molar-refractivity contribution >= 4 is 33.9 Å². The van der Waals surface area contributed by atoms with Gasteiger partial charge in [-0.3, -0.25) is 4.98 Å². The van der Waals surface area contributed by atoms with Crippen molar-refractivity contribution in [2.45, 2.75) is 51.4 Å². The van der Waals surface area contributed by atoms with Crippen LogP contribution in [0.3, 0.4) is 0 Å². The van der Waals surface area contributed by atoms with E-state index < -0.39 is 29.1 Å². The number of hydrogen-bond donors (Lipinski definition) is 3. The van der Waals surface area contributed by atoms with Crippen molar-refractivity contribution in [1.82, 2.24) is 25.0 Å². The van der Waals surface area contributed by atoms with E-state index in [0.717, 1.165) is 10.7 Å². The maximum absolute atomic E-state index is 13.9. The van der Waals surface area contributed by atoms with Crippen molar-refractivity contribution < 1.29 is 22.7 Å². The Balaban J connectivity index is 1.60. The zero-order chi connectivity index (χ0) is 30.4. The number of nitriles is 1. The van der Waals surface area contributed by atoms with Crippen LogP contribution in [0.1, 0.15) is 55.2 Å². The second-order valence-corrected chi connectivity index (χ2v) is 11.6. The molecule has 1 fully saturated rings. The number of pyridine rings is 2. The number of anilines is 2. The third kappa shape index (κ3) is 5.44. The minimum Gasteiger partial charge on any atom is -0.396 e. The number of fused-ring (bicyclic) bond motifs is 1. The zero-order valence-corrected chi connectivity index (χ0v) is 23.6. The summed E-state index contributed by atoms with van der Waals surface area (Å²) in [6.45, 7) is 5.53. The first-order valence-corrected chi connectivity index (χ1v) is 13.4. The van der Waals surface area contributed by atoms with E-state index in [2.05, 4.69) is 37.0 Å². The van der Waals surface area contributed by atoms with Gasteiger partial charge in [-0.15, -0.1) is 5.10 Å². The minimum absolute atomic E-state index is 0.0957. The molecule has 1 aromatic carbocycles. The van der Waals surface area contributed by atoms with E-state index in [-0.39, 0.29) is 35.7 Å². The highest BCUT2D eigenvalue weighted by molar-refractivity contribution is 6.35. The van der Waals surface area contributed by atoms with Gasteiger partial charge in [-0.1, -0.05) is 36.7 Å². The summed E-state index contributed by atoms with van der Waals surface area (Å²) in [4.78, 5) is 8.23. The first-order valence-electron chi connectivity index (χ1n) is 13.0. The Kier molecular flexibility index (Phi) is 7.49. The van der Waals surface area contributed by atoms with Crippen LogP contribution in [0.4, 0.5) is 28.9 Å². The lowest BCUT2D eigenvalue weighted by Crippen LogP contribution is -2.35. The molecule has 1 saturated carbocycles. The van der Waals surface area contributed by atoms with E-state index in [1.807, 2.05) is 13.8 Å². The molecule has 0 saturated heterocycles. The number of nitrogens with zero attached hydrogens (tertiary/aromatic N) is 6. The number of halogens is 5. The summed E-state index contributed by atoms with van der Waals surface area (Å²) < 4.78 is 56.1. The molecule has 1 aliphatic carbocycles. The quantitative estimate of drug-likeness (QED) is 0.160. The molecule has 0 bridgehead atoms. The van der Waals surface area contributed by atoms with Gasteiger partial charge in [-0.25, -0.2) is 9.67 Å². The van der Waals surface area contributed by atoms with Crippen molar-refractivity contribution in [2.75, 3.05) is 23.8 Å². The molecule has 0 amide bonds. The number of benzene rings is 1. The summed E-state index contributed by atoms with van der Waals surface area (Å²) in [5.74, 6) is -0.710. The van der Waals surface area contributed by atoms with E-state index in [0.29, 0.717) is 40.1 Å². The molecule has 1 unspecified atom stereocenters. The molecule has 14 heteroatoms. The van der Waals surface area contributed by atoms with E-state index in [1.165, 1.54) is 18.5 Å². The summed E-state index contributed by atoms with van der Waals surface area (Å²) in [7, 11) is 0. The van der Waals surface area contributed by atoms with Crippen molar-refractivity contribution in [3.05, 3.63) is 70.1 Å². The summed E-state index contributed by atoms with van der Waals surface area (Å²) >= 11 is 6.62. The van der Waals surface area contributed by atoms with Gasteiger partial charge in [0.1, 0.15) is 11.8 Å². The van der Waals surface area contributed by atoms with Crippen LogP contribution < -0.4 is 10.6 Å². The Hall–Kier alpha value is -4.02. The van der Waals surface area contributed by atoms with Gasteiger partial charge in [0.25, 0.3) is 0 Å². The van der Waals surface area contributed by atoms with E-state index in [1.54, 1.807) is 19.1 Å². The van der Waals surface area contributed by atoms with Crippen LogP contribution in [-0.2, 0) is 5.54 Å². The predicted octanol–water partition coefficient (Wildman–Crippen LogP) is 5.88. The number of aliphatic hydroxyl groups is 1. The smallest absolute Gasteiger partial charge is 0.396 e. The van der Waals surface area contributed by atoms with Crippen LogP contribution in [0, 0.1) is 29.6 Å². The Morgan fingerprint density at radius 3 is 2.60 bits per heavy atom.